The van der Waals surface area contributed by atoms with Gasteiger partial charge >= 0.3 is 0 Å². The molecule has 3 N–H and O–H groups in total. The standard InChI is InChI=1S/C7H13N5S2/c1-12(2)6-10-11-7(14-6)13-4-3-5(8)9/h3-4H2,1-2H3,(H3,8,9). The Balaban J connectivity index is 2.40. The summed E-state index contributed by atoms with van der Waals surface area (Å²) < 4.78 is 0.926. The van der Waals surface area contributed by atoms with Crippen LogP contribution in [0.25, 0.3) is 0 Å². The van der Waals surface area contributed by atoms with Gasteiger partial charge in [-0.05, 0) is 0 Å². The topological polar surface area (TPSA) is 78.9 Å². The van der Waals surface area contributed by atoms with Crippen LogP contribution in [-0.4, -0.2) is 35.9 Å². The fourth-order valence-corrected chi connectivity index (χ4v) is 2.50. The Labute approximate surface area is 91.2 Å². The van der Waals surface area contributed by atoms with Crippen LogP contribution < -0.4 is 10.6 Å². The van der Waals surface area contributed by atoms with Crippen molar-refractivity contribution in [3.63, 3.8) is 0 Å². The van der Waals surface area contributed by atoms with Gasteiger partial charge in [0.05, 0.1) is 5.84 Å². The zero-order chi connectivity index (χ0) is 10.6. The highest BCUT2D eigenvalue weighted by atomic mass is 32.2. The summed E-state index contributed by atoms with van der Waals surface area (Å²) in [6.45, 7) is 0. The normalized spacial score (nSPS) is 10.1. The second kappa shape index (κ2) is 5.16. The van der Waals surface area contributed by atoms with Crippen molar-refractivity contribution in [2.75, 3.05) is 24.7 Å². The van der Waals surface area contributed by atoms with E-state index in [0.717, 1.165) is 15.2 Å². The highest BCUT2D eigenvalue weighted by Crippen LogP contribution is 2.26. The van der Waals surface area contributed by atoms with E-state index in [4.69, 9.17) is 11.1 Å². The molecule has 0 bridgehead atoms. The van der Waals surface area contributed by atoms with Crippen molar-refractivity contribution in [1.29, 1.82) is 5.41 Å². The Morgan fingerprint density at radius 3 is 2.79 bits per heavy atom. The molecule has 0 aliphatic rings. The fourth-order valence-electron chi connectivity index (χ4n) is 0.690. The maximum Gasteiger partial charge on any atom is 0.208 e. The van der Waals surface area contributed by atoms with E-state index in [2.05, 4.69) is 10.2 Å². The first-order valence-corrected chi connectivity index (χ1v) is 5.86. The molecule has 0 spiro atoms. The summed E-state index contributed by atoms with van der Waals surface area (Å²) >= 11 is 3.13. The van der Waals surface area contributed by atoms with Crippen molar-refractivity contribution in [2.45, 2.75) is 10.8 Å². The summed E-state index contributed by atoms with van der Waals surface area (Å²) in [5.41, 5.74) is 5.24. The molecule has 0 fully saturated rings. The molecule has 0 atom stereocenters. The van der Waals surface area contributed by atoms with E-state index in [9.17, 15) is 0 Å². The number of anilines is 1. The molecular formula is C7H13N5S2. The molecule has 7 heteroatoms. The first-order valence-electron chi connectivity index (χ1n) is 4.06. The summed E-state index contributed by atoms with van der Waals surface area (Å²) in [5, 5.41) is 16.0. The molecule has 1 rings (SSSR count). The average Bonchev–Trinajstić information content (AvgIpc) is 2.52. The fraction of sp³-hybridized carbons (Fsp3) is 0.571. The van der Waals surface area contributed by atoms with Crippen molar-refractivity contribution in [2.24, 2.45) is 5.73 Å². The van der Waals surface area contributed by atoms with Crippen molar-refractivity contribution in [3.8, 4) is 0 Å². The van der Waals surface area contributed by atoms with Gasteiger partial charge in [-0.1, -0.05) is 23.1 Å². The van der Waals surface area contributed by atoms with Crippen LogP contribution in [0.4, 0.5) is 5.13 Å². The minimum absolute atomic E-state index is 0.217. The van der Waals surface area contributed by atoms with Crippen LogP contribution >= 0.6 is 23.1 Å². The van der Waals surface area contributed by atoms with E-state index in [1.54, 1.807) is 23.1 Å². The van der Waals surface area contributed by atoms with E-state index in [1.807, 2.05) is 19.0 Å². The number of nitrogens with one attached hydrogen (secondary N) is 1. The van der Waals surface area contributed by atoms with Crippen LogP contribution in [-0.2, 0) is 0 Å². The number of hydrogen-bond donors (Lipinski definition) is 2. The van der Waals surface area contributed by atoms with E-state index in [1.165, 1.54) is 0 Å². The molecule has 5 nitrogen and oxygen atoms in total. The lowest BCUT2D eigenvalue weighted by Gasteiger charge is -2.03. The van der Waals surface area contributed by atoms with Crippen LogP contribution in [0, 0.1) is 5.41 Å². The van der Waals surface area contributed by atoms with Gasteiger partial charge in [0, 0.05) is 26.3 Å². The first-order chi connectivity index (χ1) is 6.59. The van der Waals surface area contributed by atoms with Crippen LogP contribution in [0.15, 0.2) is 4.34 Å². The quantitative estimate of drug-likeness (QED) is 0.449. The van der Waals surface area contributed by atoms with Gasteiger partial charge < -0.3 is 10.6 Å². The lowest BCUT2D eigenvalue weighted by Crippen LogP contribution is -2.09. The summed E-state index contributed by atoms with van der Waals surface area (Å²) in [7, 11) is 3.87. The van der Waals surface area contributed by atoms with Crippen LogP contribution in [0.5, 0.6) is 0 Å². The third-order valence-electron chi connectivity index (χ3n) is 1.38. The van der Waals surface area contributed by atoms with Crippen LogP contribution in [0.1, 0.15) is 6.42 Å². The maximum absolute atomic E-state index is 7.06. The number of hydrogen-bond acceptors (Lipinski definition) is 6. The van der Waals surface area contributed by atoms with Crippen molar-refractivity contribution in [1.82, 2.24) is 10.2 Å². The highest BCUT2D eigenvalue weighted by molar-refractivity contribution is 8.01. The van der Waals surface area contributed by atoms with Crippen molar-refractivity contribution >= 4 is 34.1 Å². The van der Waals surface area contributed by atoms with Gasteiger partial charge in [0.2, 0.25) is 5.13 Å². The summed E-state index contributed by atoms with van der Waals surface area (Å²) in [5.74, 6) is 1.01. The van der Waals surface area contributed by atoms with E-state index >= 15 is 0 Å². The molecule has 0 aromatic carbocycles. The number of thioether (sulfide) groups is 1. The van der Waals surface area contributed by atoms with Gasteiger partial charge in [-0.15, -0.1) is 10.2 Å². The summed E-state index contributed by atoms with van der Waals surface area (Å²) in [6.07, 6.45) is 0.599. The number of rotatable bonds is 5. The van der Waals surface area contributed by atoms with E-state index in [-0.39, 0.29) is 5.84 Å². The average molecular weight is 231 g/mol. The molecule has 0 aliphatic heterocycles. The Kier molecular flexibility index (Phi) is 4.15. The Bertz CT molecular complexity index is 309. The Morgan fingerprint density at radius 2 is 2.29 bits per heavy atom. The molecule has 78 valence electrons. The Morgan fingerprint density at radius 1 is 1.57 bits per heavy atom. The SMILES string of the molecule is CN(C)c1nnc(SCCC(=N)N)s1. The zero-order valence-electron chi connectivity index (χ0n) is 8.15. The molecule has 0 saturated carbocycles. The summed E-state index contributed by atoms with van der Waals surface area (Å²) in [4.78, 5) is 1.92. The molecule has 1 aromatic heterocycles. The minimum Gasteiger partial charge on any atom is -0.388 e. The van der Waals surface area contributed by atoms with Gasteiger partial charge in [-0.3, -0.25) is 5.41 Å². The second-order valence-corrected chi connectivity index (χ2v) is 5.17. The number of nitrogens with two attached hydrogens (primary N) is 1. The van der Waals surface area contributed by atoms with Crippen LogP contribution in [0.2, 0.25) is 0 Å². The minimum atomic E-state index is 0.217. The third-order valence-corrected chi connectivity index (χ3v) is 3.60. The first kappa shape index (κ1) is 11.3. The van der Waals surface area contributed by atoms with Gasteiger partial charge in [0.25, 0.3) is 0 Å². The van der Waals surface area contributed by atoms with E-state index in [0.29, 0.717) is 6.42 Å². The van der Waals surface area contributed by atoms with E-state index < -0.39 is 0 Å². The van der Waals surface area contributed by atoms with Gasteiger partial charge in [-0.25, -0.2) is 0 Å². The number of nitrogens with zero attached hydrogens (tertiary/aromatic N) is 3. The van der Waals surface area contributed by atoms with Gasteiger partial charge in [0.1, 0.15) is 0 Å². The van der Waals surface area contributed by atoms with Crippen molar-refractivity contribution < 1.29 is 0 Å². The molecule has 0 aliphatic carbocycles. The Hall–Kier alpha value is -0.820. The third kappa shape index (κ3) is 3.51. The molecule has 0 saturated heterocycles. The molecule has 1 aromatic rings. The number of amidine groups is 1. The van der Waals surface area contributed by atoms with Gasteiger partial charge in [-0.2, -0.15) is 0 Å². The maximum atomic E-state index is 7.06. The molecule has 1 heterocycles. The molecule has 14 heavy (non-hydrogen) atoms. The highest BCUT2D eigenvalue weighted by Gasteiger charge is 2.05. The summed E-state index contributed by atoms with van der Waals surface area (Å²) in [6, 6.07) is 0. The lowest BCUT2D eigenvalue weighted by molar-refractivity contribution is 0.972. The largest absolute Gasteiger partial charge is 0.388 e. The van der Waals surface area contributed by atoms with Crippen molar-refractivity contribution in [3.05, 3.63) is 0 Å². The predicted molar refractivity (Wildman–Crippen MR) is 61.5 cm³/mol. The molecule has 0 unspecified atom stereocenters. The molecule has 0 radical (unpaired) electrons. The van der Waals surface area contributed by atoms with Crippen LogP contribution in [0.3, 0.4) is 0 Å². The predicted octanol–water partition coefficient (Wildman–Crippen LogP) is 1.02. The second-order valence-electron chi connectivity index (χ2n) is 2.87. The molecular weight excluding hydrogens is 218 g/mol. The zero-order valence-corrected chi connectivity index (χ0v) is 9.78. The smallest absolute Gasteiger partial charge is 0.208 e. The lowest BCUT2D eigenvalue weighted by atomic mass is 10.5. The molecule has 0 amide bonds. The monoisotopic (exact) mass is 231 g/mol. The van der Waals surface area contributed by atoms with Gasteiger partial charge in [0.15, 0.2) is 4.34 Å². The number of aromatic nitrogens is 2.